The molecule has 2 aliphatic rings. The zero-order valence-electron chi connectivity index (χ0n) is 13.7. The molecule has 5 heteroatoms. The molecule has 0 saturated heterocycles. The van der Waals surface area contributed by atoms with E-state index in [2.05, 4.69) is 17.4 Å². The number of ether oxygens (including phenoxy) is 1. The van der Waals surface area contributed by atoms with Crippen LogP contribution in [0.1, 0.15) is 55.7 Å². The zero-order chi connectivity index (χ0) is 15.5. The Hall–Kier alpha value is -1.26. The van der Waals surface area contributed by atoms with Crippen LogP contribution in [0.25, 0.3) is 0 Å². The Labute approximate surface area is 144 Å². The maximum Gasteiger partial charge on any atom is 0.220 e. The minimum absolute atomic E-state index is 0. The number of nitrogens with one attached hydrogen (secondary N) is 1. The number of carbonyl (C=O) groups is 1. The maximum absolute atomic E-state index is 12.4. The number of fused-ring (bicyclic) bond motifs is 1. The quantitative estimate of drug-likeness (QED) is 0.886. The molecule has 1 aromatic rings. The summed E-state index contributed by atoms with van der Waals surface area (Å²) in [6.07, 6.45) is 7.06. The van der Waals surface area contributed by atoms with Gasteiger partial charge in [0.05, 0.1) is 13.2 Å². The molecule has 0 aliphatic heterocycles. The zero-order valence-corrected chi connectivity index (χ0v) is 14.5. The predicted molar refractivity (Wildman–Crippen MR) is 94.0 cm³/mol. The molecule has 0 heterocycles. The normalized spacial score (nSPS) is 26.1. The van der Waals surface area contributed by atoms with Gasteiger partial charge in [0, 0.05) is 12.5 Å². The fourth-order valence-corrected chi connectivity index (χ4v) is 3.88. The number of aryl methyl sites for hydroxylation is 1. The monoisotopic (exact) mass is 338 g/mol. The molecule has 3 atom stereocenters. The standard InChI is InChI=1S/C18H26N2O2.ClH/c1-22-14-8-9-15-12(10-14)4-3-7-17(15)20-18(21)11-13-5-2-6-16(13)19;/h8-10,13,16-17H,2-7,11,19H2,1H3,(H,20,21);1H/t13-,16+,17?;/m0./s1. The summed E-state index contributed by atoms with van der Waals surface area (Å²) in [7, 11) is 1.69. The van der Waals surface area contributed by atoms with Crippen molar-refractivity contribution in [3.05, 3.63) is 29.3 Å². The Bertz CT molecular complexity index is 550. The fraction of sp³-hybridized carbons (Fsp3) is 0.611. The number of hydrogen-bond donors (Lipinski definition) is 2. The molecule has 23 heavy (non-hydrogen) atoms. The van der Waals surface area contributed by atoms with E-state index in [4.69, 9.17) is 10.5 Å². The van der Waals surface area contributed by atoms with Gasteiger partial charge in [-0.25, -0.2) is 0 Å². The minimum Gasteiger partial charge on any atom is -0.497 e. The van der Waals surface area contributed by atoms with Crippen LogP contribution < -0.4 is 15.8 Å². The molecule has 0 spiro atoms. The van der Waals surface area contributed by atoms with E-state index in [1.54, 1.807) is 7.11 Å². The molecule has 3 rings (SSSR count). The van der Waals surface area contributed by atoms with Crippen LogP contribution in [-0.4, -0.2) is 19.1 Å². The van der Waals surface area contributed by atoms with E-state index in [1.165, 1.54) is 11.1 Å². The summed E-state index contributed by atoms with van der Waals surface area (Å²) < 4.78 is 5.30. The second-order valence-corrected chi connectivity index (χ2v) is 6.64. The first kappa shape index (κ1) is 18.1. The highest BCUT2D eigenvalue weighted by molar-refractivity contribution is 5.85. The Morgan fingerprint density at radius 1 is 1.30 bits per heavy atom. The van der Waals surface area contributed by atoms with Crippen LogP contribution in [-0.2, 0) is 11.2 Å². The van der Waals surface area contributed by atoms with Crippen molar-refractivity contribution in [1.29, 1.82) is 0 Å². The van der Waals surface area contributed by atoms with Crippen molar-refractivity contribution in [2.24, 2.45) is 11.7 Å². The molecule has 3 N–H and O–H groups in total. The lowest BCUT2D eigenvalue weighted by atomic mass is 9.87. The molecule has 1 aromatic carbocycles. The van der Waals surface area contributed by atoms with Crippen LogP contribution in [0.15, 0.2) is 18.2 Å². The van der Waals surface area contributed by atoms with E-state index >= 15 is 0 Å². The van der Waals surface area contributed by atoms with Crippen molar-refractivity contribution in [2.45, 2.75) is 57.0 Å². The molecule has 4 nitrogen and oxygen atoms in total. The molecule has 0 bridgehead atoms. The molecular weight excluding hydrogens is 312 g/mol. The third-order valence-electron chi connectivity index (χ3n) is 5.17. The summed E-state index contributed by atoms with van der Waals surface area (Å²) in [4.78, 5) is 12.4. The molecule has 0 radical (unpaired) electrons. The van der Waals surface area contributed by atoms with E-state index in [1.807, 2.05) is 6.07 Å². The molecule has 1 unspecified atom stereocenters. The van der Waals surface area contributed by atoms with Crippen LogP contribution in [0.4, 0.5) is 0 Å². The van der Waals surface area contributed by atoms with Crippen LogP contribution in [0.5, 0.6) is 5.75 Å². The molecular formula is C18H27ClN2O2. The van der Waals surface area contributed by atoms with Crippen LogP contribution in [0.3, 0.4) is 0 Å². The number of rotatable bonds is 4. The number of hydrogen-bond acceptors (Lipinski definition) is 3. The Balaban J connectivity index is 0.00000192. The summed E-state index contributed by atoms with van der Waals surface area (Å²) in [5.74, 6) is 1.40. The van der Waals surface area contributed by atoms with E-state index in [9.17, 15) is 4.79 Å². The lowest BCUT2D eigenvalue weighted by Gasteiger charge is -2.27. The Morgan fingerprint density at radius 3 is 2.83 bits per heavy atom. The summed E-state index contributed by atoms with van der Waals surface area (Å²) in [6, 6.07) is 6.52. The average Bonchev–Trinajstić information content (AvgIpc) is 2.92. The predicted octanol–water partition coefficient (Wildman–Crippen LogP) is 3.13. The number of carbonyl (C=O) groups excluding carboxylic acids is 1. The van der Waals surface area contributed by atoms with E-state index < -0.39 is 0 Å². The number of halogens is 1. The highest BCUT2D eigenvalue weighted by Gasteiger charge is 2.28. The van der Waals surface area contributed by atoms with Gasteiger partial charge in [0.1, 0.15) is 5.75 Å². The van der Waals surface area contributed by atoms with E-state index in [-0.39, 0.29) is 30.4 Å². The van der Waals surface area contributed by atoms with Crippen LogP contribution in [0.2, 0.25) is 0 Å². The van der Waals surface area contributed by atoms with E-state index in [0.29, 0.717) is 12.3 Å². The topological polar surface area (TPSA) is 64.3 Å². The Morgan fingerprint density at radius 2 is 2.13 bits per heavy atom. The summed E-state index contributed by atoms with van der Waals surface area (Å²) in [5, 5.41) is 3.22. The van der Waals surface area contributed by atoms with Crippen molar-refractivity contribution >= 4 is 18.3 Å². The van der Waals surface area contributed by atoms with Crippen LogP contribution in [0, 0.1) is 5.92 Å². The number of methoxy groups -OCH3 is 1. The third kappa shape index (κ3) is 4.18. The highest BCUT2D eigenvalue weighted by Crippen LogP contribution is 2.33. The third-order valence-corrected chi connectivity index (χ3v) is 5.17. The SMILES string of the molecule is COc1ccc2c(c1)CCCC2NC(=O)C[C@@H]1CCC[C@H]1N.Cl. The molecule has 2 aliphatic carbocycles. The molecule has 1 amide bonds. The van der Waals surface area contributed by atoms with Gasteiger partial charge in [-0.1, -0.05) is 12.5 Å². The lowest BCUT2D eigenvalue weighted by molar-refractivity contribution is -0.122. The summed E-state index contributed by atoms with van der Waals surface area (Å²) in [5.41, 5.74) is 8.62. The number of nitrogens with two attached hydrogens (primary N) is 1. The number of amides is 1. The molecule has 0 aromatic heterocycles. The van der Waals surface area contributed by atoms with Gasteiger partial charge in [-0.05, 0) is 61.3 Å². The first-order valence-corrected chi connectivity index (χ1v) is 8.39. The summed E-state index contributed by atoms with van der Waals surface area (Å²) >= 11 is 0. The average molecular weight is 339 g/mol. The van der Waals surface area contributed by atoms with Gasteiger partial charge in [-0.15, -0.1) is 12.4 Å². The Kier molecular flexibility index (Phi) is 6.31. The molecule has 1 saturated carbocycles. The second kappa shape index (κ2) is 8.02. The van der Waals surface area contributed by atoms with Crippen LogP contribution >= 0.6 is 12.4 Å². The van der Waals surface area contributed by atoms with Crippen molar-refractivity contribution in [2.75, 3.05) is 7.11 Å². The van der Waals surface area contributed by atoms with Crippen molar-refractivity contribution < 1.29 is 9.53 Å². The minimum atomic E-state index is 0. The van der Waals surface area contributed by atoms with Gasteiger partial charge in [-0.2, -0.15) is 0 Å². The summed E-state index contributed by atoms with van der Waals surface area (Å²) in [6.45, 7) is 0. The van der Waals surface area contributed by atoms with Gasteiger partial charge < -0.3 is 15.8 Å². The van der Waals surface area contributed by atoms with Gasteiger partial charge in [0.25, 0.3) is 0 Å². The van der Waals surface area contributed by atoms with E-state index in [0.717, 1.165) is 44.3 Å². The highest BCUT2D eigenvalue weighted by atomic mass is 35.5. The lowest BCUT2D eigenvalue weighted by Crippen LogP contribution is -2.35. The van der Waals surface area contributed by atoms with Gasteiger partial charge in [-0.3, -0.25) is 4.79 Å². The van der Waals surface area contributed by atoms with Gasteiger partial charge in [0.2, 0.25) is 5.91 Å². The number of benzene rings is 1. The fourth-order valence-electron chi connectivity index (χ4n) is 3.88. The van der Waals surface area contributed by atoms with Crippen molar-refractivity contribution in [3.8, 4) is 5.75 Å². The largest absolute Gasteiger partial charge is 0.497 e. The van der Waals surface area contributed by atoms with Gasteiger partial charge in [0.15, 0.2) is 0 Å². The maximum atomic E-state index is 12.4. The van der Waals surface area contributed by atoms with Crippen molar-refractivity contribution in [1.82, 2.24) is 5.32 Å². The molecule has 1 fully saturated rings. The van der Waals surface area contributed by atoms with Gasteiger partial charge >= 0.3 is 0 Å². The molecule has 128 valence electrons. The van der Waals surface area contributed by atoms with Crippen molar-refractivity contribution in [3.63, 3.8) is 0 Å². The second-order valence-electron chi connectivity index (χ2n) is 6.64. The first-order valence-electron chi connectivity index (χ1n) is 8.39. The first-order chi connectivity index (χ1) is 10.7. The smallest absolute Gasteiger partial charge is 0.220 e.